The van der Waals surface area contributed by atoms with Gasteiger partial charge in [0, 0.05) is 44.0 Å². The first kappa shape index (κ1) is 29.7. The highest BCUT2D eigenvalue weighted by Crippen LogP contribution is 2.62. The number of likely N-dealkylation sites (tertiary alicyclic amines) is 1. The van der Waals surface area contributed by atoms with E-state index in [4.69, 9.17) is 9.47 Å². The second-order valence-corrected chi connectivity index (χ2v) is 14.6. The van der Waals surface area contributed by atoms with Crippen molar-refractivity contribution in [3.63, 3.8) is 0 Å². The van der Waals surface area contributed by atoms with Crippen LogP contribution in [0.15, 0.2) is 42.6 Å². The molecular formula is C36H47N3O4. The minimum atomic E-state index is -0.575. The third kappa shape index (κ3) is 5.81. The van der Waals surface area contributed by atoms with E-state index in [0.29, 0.717) is 11.0 Å². The summed E-state index contributed by atoms with van der Waals surface area (Å²) in [4.78, 5) is 30.2. The maximum atomic E-state index is 13.2. The zero-order chi connectivity index (χ0) is 30.7. The fourth-order valence-corrected chi connectivity index (χ4v) is 7.79. The summed E-state index contributed by atoms with van der Waals surface area (Å²) in [6.45, 7) is 9.56. The minimum absolute atomic E-state index is 0.250. The highest BCUT2D eigenvalue weighted by Gasteiger charge is 2.52. The molecule has 0 radical (unpaired) electrons. The lowest BCUT2D eigenvalue weighted by Crippen LogP contribution is -2.48. The van der Waals surface area contributed by atoms with Gasteiger partial charge in [0.2, 0.25) is 0 Å². The van der Waals surface area contributed by atoms with Crippen molar-refractivity contribution in [2.24, 2.45) is 17.3 Å². The molecule has 1 aromatic heterocycles. The number of carbonyl (C=O) groups excluding carboxylic acids is 2. The summed E-state index contributed by atoms with van der Waals surface area (Å²) in [6, 6.07) is 12.6. The molecule has 0 unspecified atom stereocenters. The average Bonchev–Trinajstić information content (AvgIpc) is 3.68. The summed E-state index contributed by atoms with van der Waals surface area (Å²) in [7, 11) is 5.61. The van der Waals surface area contributed by atoms with Crippen molar-refractivity contribution in [3.05, 3.63) is 64.8 Å². The molecule has 1 spiro atoms. The number of fused-ring (bicyclic) bond motifs is 1. The molecule has 230 valence electrons. The Hall–Kier alpha value is -3.32. The molecule has 1 saturated heterocycles. The van der Waals surface area contributed by atoms with E-state index < -0.39 is 5.60 Å². The molecule has 0 N–H and O–H groups in total. The van der Waals surface area contributed by atoms with Crippen LogP contribution in [0, 0.1) is 24.2 Å². The van der Waals surface area contributed by atoms with Gasteiger partial charge in [0.25, 0.3) is 0 Å². The van der Waals surface area contributed by atoms with Crippen LogP contribution >= 0.6 is 0 Å². The molecule has 2 aromatic carbocycles. The number of ether oxygens (including phenoxy) is 2. The first-order valence-corrected chi connectivity index (χ1v) is 15.8. The van der Waals surface area contributed by atoms with Crippen molar-refractivity contribution < 1.29 is 19.1 Å². The van der Waals surface area contributed by atoms with Gasteiger partial charge in [0.1, 0.15) is 5.60 Å². The lowest BCUT2D eigenvalue weighted by molar-refractivity contribution is -0.0516. The monoisotopic (exact) mass is 585 g/mol. The number of nitrogens with zero attached hydrogens (tertiary/aromatic N) is 3. The average molecular weight is 586 g/mol. The molecule has 43 heavy (non-hydrogen) atoms. The van der Waals surface area contributed by atoms with Crippen LogP contribution < -0.4 is 4.90 Å². The first-order valence-electron chi connectivity index (χ1n) is 15.8. The molecule has 7 nitrogen and oxygen atoms in total. The number of benzene rings is 2. The lowest BCUT2D eigenvalue weighted by Gasteiger charge is -2.55. The van der Waals surface area contributed by atoms with E-state index in [1.807, 2.05) is 39.1 Å². The van der Waals surface area contributed by atoms with Crippen molar-refractivity contribution in [2.45, 2.75) is 84.4 Å². The Morgan fingerprint density at radius 2 is 1.72 bits per heavy atom. The van der Waals surface area contributed by atoms with Crippen LogP contribution in [0.25, 0.3) is 10.9 Å². The summed E-state index contributed by atoms with van der Waals surface area (Å²) >= 11 is 0. The topological polar surface area (TPSA) is 64.0 Å². The molecule has 3 aliphatic rings. The molecule has 2 saturated carbocycles. The normalized spacial score (nSPS) is 24.2. The van der Waals surface area contributed by atoms with Crippen LogP contribution in [0.4, 0.5) is 10.5 Å². The largest absolute Gasteiger partial charge is 0.465 e. The molecule has 6 rings (SSSR count). The van der Waals surface area contributed by atoms with E-state index in [9.17, 15) is 9.59 Å². The zero-order valence-electron chi connectivity index (χ0n) is 26.9. The van der Waals surface area contributed by atoms with Crippen LogP contribution in [0.5, 0.6) is 0 Å². The number of aryl methyl sites for hydroxylation is 1. The Labute approximate surface area is 256 Å². The Kier molecular flexibility index (Phi) is 7.60. The van der Waals surface area contributed by atoms with Crippen LogP contribution in [-0.2, 0) is 16.0 Å². The number of anilines is 1. The number of piperidine rings is 1. The Morgan fingerprint density at radius 3 is 2.33 bits per heavy atom. The highest BCUT2D eigenvalue weighted by atomic mass is 16.6. The lowest BCUT2D eigenvalue weighted by atomic mass is 9.54. The second-order valence-electron chi connectivity index (χ2n) is 14.6. The first-order chi connectivity index (χ1) is 20.4. The van der Waals surface area contributed by atoms with E-state index in [0.717, 1.165) is 47.8 Å². The number of methoxy groups -OCH3 is 1. The Balaban J connectivity index is 1.36. The quantitative estimate of drug-likeness (QED) is 0.276. The minimum Gasteiger partial charge on any atom is -0.465 e. The molecule has 0 amide bonds. The maximum Gasteiger partial charge on any atom is 0.419 e. The van der Waals surface area contributed by atoms with Crippen molar-refractivity contribution in [3.8, 4) is 0 Å². The van der Waals surface area contributed by atoms with Crippen LogP contribution in [0.1, 0.15) is 92.4 Å². The number of aromatic nitrogens is 1. The molecule has 2 aliphatic carbocycles. The Bertz CT molecular complexity index is 1520. The van der Waals surface area contributed by atoms with Gasteiger partial charge < -0.3 is 14.4 Å². The third-order valence-corrected chi connectivity index (χ3v) is 10.1. The smallest absolute Gasteiger partial charge is 0.419 e. The molecule has 0 bridgehead atoms. The van der Waals surface area contributed by atoms with Gasteiger partial charge in [-0.3, -0.25) is 9.47 Å². The summed E-state index contributed by atoms with van der Waals surface area (Å²) in [5, 5.41) is 1.09. The van der Waals surface area contributed by atoms with Crippen molar-refractivity contribution in [1.82, 2.24) is 9.47 Å². The van der Waals surface area contributed by atoms with Gasteiger partial charge in [-0.2, -0.15) is 0 Å². The van der Waals surface area contributed by atoms with Gasteiger partial charge in [0.05, 0.1) is 18.2 Å². The second kappa shape index (κ2) is 11.0. The van der Waals surface area contributed by atoms with Crippen molar-refractivity contribution >= 4 is 28.7 Å². The summed E-state index contributed by atoms with van der Waals surface area (Å²) < 4.78 is 12.4. The van der Waals surface area contributed by atoms with Gasteiger partial charge in [-0.05, 0) is 131 Å². The molecule has 2 heterocycles. The van der Waals surface area contributed by atoms with Crippen molar-refractivity contribution in [1.29, 1.82) is 0 Å². The molecule has 3 fully saturated rings. The molecular weight excluding hydrogens is 538 g/mol. The van der Waals surface area contributed by atoms with Gasteiger partial charge in [-0.25, -0.2) is 9.59 Å². The summed E-state index contributed by atoms with van der Waals surface area (Å²) in [5.74, 6) is 1.58. The van der Waals surface area contributed by atoms with Gasteiger partial charge in [0.15, 0.2) is 0 Å². The zero-order valence-corrected chi connectivity index (χ0v) is 26.9. The fraction of sp³-hybridized carbons (Fsp3) is 0.556. The predicted octanol–water partition coefficient (Wildman–Crippen LogP) is 7.73. The van der Waals surface area contributed by atoms with E-state index >= 15 is 0 Å². The van der Waals surface area contributed by atoms with E-state index in [2.05, 4.69) is 55.1 Å². The number of rotatable bonds is 6. The van der Waals surface area contributed by atoms with E-state index in [1.54, 1.807) is 4.57 Å². The molecule has 7 heteroatoms. The molecule has 1 aliphatic heterocycles. The summed E-state index contributed by atoms with van der Waals surface area (Å²) in [5.41, 5.74) is 6.03. The third-order valence-electron chi connectivity index (χ3n) is 10.1. The molecule has 3 aromatic rings. The fourth-order valence-electron chi connectivity index (χ4n) is 7.79. The number of carbonyl (C=O) groups is 2. The summed E-state index contributed by atoms with van der Waals surface area (Å²) in [6.07, 6.45) is 9.42. The van der Waals surface area contributed by atoms with Gasteiger partial charge in [-0.1, -0.05) is 12.1 Å². The van der Waals surface area contributed by atoms with E-state index in [-0.39, 0.29) is 18.1 Å². The highest BCUT2D eigenvalue weighted by molar-refractivity contribution is 5.96. The van der Waals surface area contributed by atoms with Gasteiger partial charge in [-0.15, -0.1) is 0 Å². The maximum absolute atomic E-state index is 13.2. The Morgan fingerprint density at radius 1 is 1.02 bits per heavy atom. The van der Waals surface area contributed by atoms with Gasteiger partial charge >= 0.3 is 12.1 Å². The SMILES string of the molecule is COC(=O)c1ccc([C@@H]2CC3(CCN2Cc2c(N(C)C)cc(C)c4c2ccn4C(=O)OC(C)(C)C)CC(C2CC2)C3)cc1. The van der Waals surface area contributed by atoms with Crippen molar-refractivity contribution in [2.75, 3.05) is 32.6 Å². The van der Waals surface area contributed by atoms with Crippen LogP contribution in [-0.4, -0.2) is 54.9 Å². The number of hydrogen-bond acceptors (Lipinski definition) is 6. The van der Waals surface area contributed by atoms with E-state index in [1.165, 1.54) is 56.0 Å². The number of hydrogen-bond donors (Lipinski definition) is 0. The van der Waals surface area contributed by atoms with Crippen LogP contribution in [0.2, 0.25) is 0 Å². The molecule has 1 atom stereocenters. The number of esters is 1. The predicted molar refractivity (Wildman–Crippen MR) is 171 cm³/mol. The van der Waals surface area contributed by atoms with Crippen LogP contribution in [0.3, 0.4) is 0 Å². The standard InChI is InChI=1S/C36H47N3O4/c1-23-18-30(37(5)6)29(28-14-16-39(32(23)28)34(41)43-35(2,3)4)22-38-17-15-36(19-27(20-36)24-8-9-24)21-31(38)25-10-12-26(13-11-25)33(40)42-7/h10-14,16,18,24,27,31H,8-9,15,17,19-22H2,1-7H3/t27?,31-,36?/m0/s1.